The number of carbonyl (C=O) groups excluding carboxylic acids is 2. The van der Waals surface area contributed by atoms with Gasteiger partial charge in [-0.25, -0.2) is 0 Å². The molecule has 1 rings (SSSR count). The van der Waals surface area contributed by atoms with Crippen LogP contribution in [0, 0.1) is 0 Å². The molecule has 0 spiro atoms. The second kappa shape index (κ2) is 6.61. The third kappa shape index (κ3) is 4.78. The van der Waals surface area contributed by atoms with Crippen molar-refractivity contribution in [2.45, 2.75) is 25.2 Å². The standard InChI is InChI=1S/C12H15F3N2O4/c1-7(16-10(19)8-3-4-21-6-8)11(20)17(2)5-9(18)12(13,14)15/h3-4,6-7,9,18H,5H2,1-2H3,(H,16,19). The Morgan fingerprint density at radius 3 is 2.57 bits per heavy atom. The van der Waals surface area contributed by atoms with Crippen molar-refractivity contribution in [3.63, 3.8) is 0 Å². The van der Waals surface area contributed by atoms with Gasteiger partial charge in [0.1, 0.15) is 12.3 Å². The van der Waals surface area contributed by atoms with E-state index in [4.69, 9.17) is 9.52 Å². The van der Waals surface area contributed by atoms with E-state index in [0.717, 1.165) is 7.05 Å². The van der Waals surface area contributed by atoms with Gasteiger partial charge in [-0.2, -0.15) is 13.2 Å². The van der Waals surface area contributed by atoms with E-state index in [1.165, 1.54) is 25.5 Å². The molecular formula is C12H15F3N2O4. The van der Waals surface area contributed by atoms with Crippen molar-refractivity contribution in [3.8, 4) is 0 Å². The van der Waals surface area contributed by atoms with Crippen molar-refractivity contribution in [1.82, 2.24) is 10.2 Å². The second-order valence-corrected chi connectivity index (χ2v) is 4.48. The van der Waals surface area contributed by atoms with Crippen LogP contribution in [-0.2, 0) is 4.79 Å². The van der Waals surface area contributed by atoms with E-state index >= 15 is 0 Å². The van der Waals surface area contributed by atoms with Gasteiger partial charge in [0, 0.05) is 7.05 Å². The predicted molar refractivity (Wildman–Crippen MR) is 65.3 cm³/mol. The number of hydrogen-bond acceptors (Lipinski definition) is 4. The molecule has 0 aliphatic carbocycles. The molecular weight excluding hydrogens is 293 g/mol. The van der Waals surface area contributed by atoms with Crippen LogP contribution < -0.4 is 5.32 Å². The van der Waals surface area contributed by atoms with Gasteiger partial charge in [0.15, 0.2) is 6.10 Å². The van der Waals surface area contributed by atoms with Gasteiger partial charge in [0.2, 0.25) is 5.91 Å². The third-order valence-electron chi connectivity index (χ3n) is 2.70. The SMILES string of the molecule is CC(NC(=O)c1ccoc1)C(=O)N(C)CC(O)C(F)(F)F. The minimum absolute atomic E-state index is 0.188. The van der Waals surface area contributed by atoms with Gasteiger partial charge in [-0.15, -0.1) is 0 Å². The lowest BCUT2D eigenvalue weighted by Gasteiger charge is -2.25. The maximum absolute atomic E-state index is 12.2. The summed E-state index contributed by atoms with van der Waals surface area (Å²) >= 11 is 0. The van der Waals surface area contributed by atoms with Gasteiger partial charge in [0.05, 0.1) is 18.4 Å². The van der Waals surface area contributed by atoms with Crippen LogP contribution in [0.1, 0.15) is 17.3 Å². The molecule has 2 atom stereocenters. The average Bonchev–Trinajstić information content (AvgIpc) is 2.90. The Bertz CT molecular complexity index is 487. The van der Waals surface area contributed by atoms with Gasteiger partial charge in [0.25, 0.3) is 5.91 Å². The Kier molecular flexibility index (Phi) is 5.36. The first-order valence-corrected chi connectivity index (χ1v) is 5.95. The normalized spacial score (nSPS) is 14.4. The smallest absolute Gasteiger partial charge is 0.416 e. The van der Waals surface area contributed by atoms with Gasteiger partial charge in [-0.3, -0.25) is 9.59 Å². The Morgan fingerprint density at radius 1 is 1.48 bits per heavy atom. The van der Waals surface area contributed by atoms with Crippen LogP contribution in [-0.4, -0.2) is 53.7 Å². The lowest BCUT2D eigenvalue weighted by molar-refractivity contribution is -0.207. The maximum Gasteiger partial charge on any atom is 0.416 e. The van der Waals surface area contributed by atoms with E-state index in [0.29, 0.717) is 4.90 Å². The number of alkyl halides is 3. The highest BCUT2D eigenvalue weighted by Crippen LogP contribution is 2.20. The average molecular weight is 308 g/mol. The fourth-order valence-corrected chi connectivity index (χ4v) is 1.52. The Hall–Kier alpha value is -2.03. The van der Waals surface area contributed by atoms with Crippen LogP contribution in [0.4, 0.5) is 13.2 Å². The zero-order chi connectivity index (χ0) is 16.2. The van der Waals surface area contributed by atoms with Crippen LogP contribution in [0.25, 0.3) is 0 Å². The Balaban J connectivity index is 2.55. The van der Waals surface area contributed by atoms with Crippen LogP contribution in [0.5, 0.6) is 0 Å². The van der Waals surface area contributed by atoms with Crippen LogP contribution >= 0.6 is 0 Å². The fraction of sp³-hybridized carbons (Fsp3) is 0.500. The highest BCUT2D eigenvalue weighted by atomic mass is 19.4. The summed E-state index contributed by atoms with van der Waals surface area (Å²) in [5.41, 5.74) is 0.188. The molecule has 0 fully saturated rings. The topological polar surface area (TPSA) is 82.8 Å². The molecule has 1 aromatic rings. The van der Waals surface area contributed by atoms with Crippen molar-refractivity contribution in [1.29, 1.82) is 0 Å². The Labute approximate surface area is 118 Å². The summed E-state index contributed by atoms with van der Waals surface area (Å²) in [6.45, 7) is 0.422. The van der Waals surface area contributed by atoms with Gasteiger partial charge in [-0.1, -0.05) is 0 Å². The number of carbonyl (C=O) groups is 2. The zero-order valence-corrected chi connectivity index (χ0v) is 11.3. The maximum atomic E-state index is 12.2. The summed E-state index contributed by atoms with van der Waals surface area (Å²) in [5.74, 6) is -1.34. The van der Waals surface area contributed by atoms with E-state index in [9.17, 15) is 22.8 Å². The van der Waals surface area contributed by atoms with Crippen molar-refractivity contribution in [3.05, 3.63) is 24.2 Å². The summed E-state index contributed by atoms with van der Waals surface area (Å²) < 4.78 is 41.3. The van der Waals surface area contributed by atoms with Crippen molar-refractivity contribution >= 4 is 11.8 Å². The molecule has 1 heterocycles. The monoisotopic (exact) mass is 308 g/mol. The number of nitrogens with one attached hydrogen (secondary N) is 1. The predicted octanol–water partition coefficient (Wildman–Crippen LogP) is 0.780. The van der Waals surface area contributed by atoms with E-state index in [1.54, 1.807) is 0 Å². The Morgan fingerprint density at radius 2 is 2.10 bits per heavy atom. The summed E-state index contributed by atoms with van der Waals surface area (Å²) in [7, 11) is 1.11. The number of nitrogens with zero attached hydrogens (tertiary/aromatic N) is 1. The molecule has 0 radical (unpaired) electrons. The summed E-state index contributed by atoms with van der Waals surface area (Å²) in [4.78, 5) is 24.2. The van der Waals surface area contributed by atoms with Crippen LogP contribution in [0.3, 0.4) is 0 Å². The quantitative estimate of drug-likeness (QED) is 0.842. The largest absolute Gasteiger partial charge is 0.472 e. The molecule has 0 aliphatic rings. The second-order valence-electron chi connectivity index (χ2n) is 4.48. The van der Waals surface area contributed by atoms with Gasteiger partial charge < -0.3 is 19.7 Å². The van der Waals surface area contributed by atoms with Crippen molar-refractivity contribution in [2.75, 3.05) is 13.6 Å². The third-order valence-corrected chi connectivity index (χ3v) is 2.70. The first-order valence-electron chi connectivity index (χ1n) is 5.95. The minimum Gasteiger partial charge on any atom is -0.472 e. The van der Waals surface area contributed by atoms with E-state index in [-0.39, 0.29) is 5.56 Å². The number of aliphatic hydroxyl groups excluding tert-OH is 1. The summed E-state index contributed by atoms with van der Waals surface area (Å²) in [6.07, 6.45) is -5.00. The molecule has 21 heavy (non-hydrogen) atoms. The molecule has 6 nitrogen and oxygen atoms in total. The number of likely N-dealkylation sites (N-methyl/N-ethyl adjacent to an activating group) is 1. The van der Waals surface area contributed by atoms with Gasteiger partial charge >= 0.3 is 6.18 Å². The highest BCUT2D eigenvalue weighted by molar-refractivity contribution is 5.97. The molecule has 2 unspecified atom stereocenters. The molecule has 0 bridgehead atoms. The number of rotatable bonds is 5. The van der Waals surface area contributed by atoms with E-state index in [2.05, 4.69) is 5.32 Å². The number of hydrogen-bond donors (Lipinski definition) is 2. The van der Waals surface area contributed by atoms with Crippen molar-refractivity contribution < 1.29 is 32.3 Å². The zero-order valence-electron chi connectivity index (χ0n) is 11.3. The first kappa shape index (κ1) is 17.0. The van der Waals surface area contributed by atoms with Crippen LogP contribution in [0.2, 0.25) is 0 Å². The molecule has 9 heteroatoms. The number of aliphatic hydroxyl groups is 1. The lowest BCUT2D eigenvalue weighted by atomic mass is 10.2. The first-order chi connectivity index (χ1) is 9.62. The summed E-state index contributed by atoms with van der Waals surface area (Å²) in [6, 6.07) is 0.335. The molecule has 118 valence electrons. The molecule has 2 amide bonds. The summed E-state index contributed by atoms with van der Waals surface area (Å²) in [5, 5.41) is 11.2. The lowest BCUT2D eigenvalue weighted by Crippen LogP contribution is -2.49. The highest BCUT2D eigenvalue weighted by Gasteiger charge is 2.39. The minimum atomic E-state index is -4.81. The van der Waals surface area contributed by atoms with Gasteiger partial charge in [-0.05, 0) is 13.0 Å². The molecule has 0 aliphatic heterocycles. The molecule has 0 aromatic carbocycles. The van der Waals surface area contributed by atoms with Crippen molar-refractivity contribution in [2.24, 2.45) is 0 Å². The number of amides is 2. The van der Waals surface area contributed by atoms with E-state index in [1.807, 2.05) is 0 Å². The molecule has 1 aromatic heterocycles. The fourth-order valence-electron chi connectivity index (χ4n) is 1.52. The number of furan rings is 1. The number of halogens is 3. The van der Waals surface area contributed by atoms with E-state index < -0.39 is 36.7 Å². The molecule has 2 N–H and O–H groups in total. The van der Waals surface area contributed by atoms with Crippen LogP contribution in [0.15, 0.2) is 23.0 Å². The molecule has 0 saturated carbocycles. The molecule has 0 saturated heterocycles.